The molecule has 0 saturated heterocycles. The first kappa shape index (κ1) is 25.1. The first-order chi connectivity index (χ1) is 17.3. The summed E-state index contributed by atoms with van der Waals surface area (Å²) in [5.74, 6) is 0.514. The van der Waals surface area contributed by atoms with E-state index in [1.54, 1.807) is 6.07 Å². The Labute approximate surface area is 203 Å². The van der Waals surface area contributed by atoms with Gasteiger partial charge >= 0.3 is 6.18 Å². The molecule has 4 aromatic rings. The van der Waals surface area contributed by atoms with Gasteiger partial charge in [-0.3, -0.25) is 0 Å². The number of hydrogen-bond donors (Lipinski definition) is 3. The number of hydrogen-bond acceptors (Lipinski definition) is 9. The van der Waals surface area contributed by atoms with Gasteiger partial charge < -0.3 is 15.7 Å². The molecule has 0 amide bonds. The highest BCUT2D eigenvalue weighted by molar-refractivity contribution is 5.87. The number of aliphatic hydroxyl groups is 1. The number of anilines is 3. The van der Waals surface area contributed by atoms with E-state index in [0.717, 1.165) is 18.7 Å². The second-order valence-electron chi connectivity index (χ2n) is 7.89. The number of halogens is 4. The fraction of sp³-hybridized carbons (Fsp3) is 0.304. The van der Waals surface area contributed by atoms with Crippen LogP contribution in [-0.2, 0) is 12.9 Å². The summed E-state index contributed by atoms with van der Waals surface area (Å²) in [7, 11) is 0. The van der Waals surface area contributed by atoms with Gasteiger partial charge in [-0.15, -0.1) is 10.2 Å². The predicted molar refractivity (Wildman–Crippen MR) is 125 cm³/mol. The maximum atomic E-state index is 13.8. The number of nitrogens with one attached hydrogen (secondary N) is 2. The summed E-state index contributed by atoms with van der Waals surface area (Å²) in [4.78, 5) is 16.8. The van der Waals surface area contributed by atoms with E-state index < -0.39 is 18.4 Å². The minimum atomic E-state index is -4.48. The Morgan fingerprint density at radius 1 is 1.03 bits per heavy atom. The van der Waals surface area contributed by atoms with Crippen molar-refractivity contribution in [3.8, 4) is 11.4 Å². The van der Waals surface area contributed by atoms with Crippen LogP contribution in [0.2, 0.25) is 0 Å². The van der Waals surface area contributed by atoms with Crippen LogP contribution in [0.25, 0.3) is 22.6 Å². The largest absolute Gasteiger partial charge is 0.417 e. The quantitative estimate of drug-likeness (QED) is 0.280. The molecule has 1 atom stereocenters. The minimum absolute atomic E-state index is 0.0948. The van der Waals surface area contributed by atoms with Crippen molar-refractivity contribution in [1.82, 2.24) is 30.1 Å². The fourth-order valence-electron chi connectivity index (χ4n) is 3.49. The van der Waals surface area contributed by atoms with Crippen LogP contribution < -0.4 is 10.6 Å². The van der Waals surface area contributed by atoms with Gasteiger partial charge in [0.15, 0.2) is 5.65 Å². The van der Waals surface area contributed by atoms with Crippen molar-refractivity contribution >= 4 is 28.5 Å². The van der Waals surface area contributed by atoms with Crippen molar-refractivity contribution < 1.29 is 22.7 Å². The Balaban J connectivity index is 1.61. The van der Waals surface area contributed by atoms with E-state index in [0.29, 0.717) is 23.4 Å². The predicted octanol–water partition coefficient (Wildman–Crippen LogP) is 4.68. The molecule has 0 spiro atoms. The van der Waals surface area contributed by atoms with Crippen LogP contribution in [0, 0.1) is 0 Å². The van der Waals surface area contributed by atoms with Gasteiger partial charge in [0, 0.05) is 18.0 Å². The first-order valence-corrected chi connectivity index (χ1v) is 11.0. The molecule has 4 rings (SSSR count). The van der Waals surface area contributed by atoms with Gasteiger partial charge in [0.05, 0.1) is 30.1 Å². The SMILES string of the molecule is CCCC(CO)Nc1cc(CF)c(-c2cnc3c(Nc4ccc(C(F)(F)F)cn4)ccnc3n2)nn1. The number of rotatable bonds is 9. The second-order valence-corrected chi connectivity index (χ2v) is 7.89. The zero-order valence-corrected chi connectivity index (χ0v) is 19.1. The van der Waals surface area contributed by atoms with Crippen molar-refractivity contribution in [2.24, 2.45) is 0 Å². The van der Waals surface area contributed by atoms with E-state index in [1.807, 2.05) is 6.92 Å². The fourth-order valence-corrected chi connectivity index (χ4v) is 3.49. The molecule has 13 heteroatoms. The maximum Gasteiger partial charge on any atom is 0.417 e. The number of alkyl halides is 4. The molecule has 0 aliphatic carbocycles. The highest BCUT2D eigenvalue weighted by atomic mass is 19.4. The monoisotopic (exact) mass is 502 g/mol. The summed E-state index contributed by atoms with van der Waals surface area (Å²) < 4.78 is 52.2. The summed E-state index contributed by atoms with van der Waals surface area (Å²) in [6.07, 6.45) is 0.652. The van der Waals surface area contributed by atoms with Crippen LogP contribution in [0.4, 0.5) is 34.9 Å². The van der Waals surface area contributed by atoms with Crippen LogP contribution in [0.5, 0.6) is 0 Å². The van der Waals surface area contributed by atoms with E-state index in [1.165, 1.54) is 24.5 Å². The summed E-state index contributed by atoms with van der Waals surface area (Å²) in [5.41, 5.74) is 0.784. The van der Waals surface area contributed by atoms with Crippen molar-refractivity contribution in [2.45, 2.75) is 38.7 Å². The zero-order chi connectivity index (χ0) is 25.7. The van der Waals surface area contributed by atoms with Crippen LogP contribution >= 0.6 is 0 Å². The third-order valence-electron chi connectivity index (χ3n) is 5.27. The van der Waals surface area contributed by atoms with E-state index >= 15 is 0 Å². The van der Waals surface area contributed by atoms with E-state index in [-0.39, 0.29) is 41.1 Å². The molecule has 188 valence electrons. The van der Waals surface area contributed by atoms with E-state index in [2.05, 4.69) is 40.8 Å². The molecule has 0 radical (unpaired) electrons. The molecule has 36 heavy (non-hydrogen) atoms. The van der Waals surface area contributed by atoms with Crippen molar-refractivity contribution in [3.05, 3.63) is 54.0 Å². The summed E-state index contributed by atoms with van der Waals surface area (Å²) in [5, 5.41) is 23.6. The molecule has 0 fully saturated rings. The average molecular weight is 502 g/mol. The smallest absolute Gasteiger partial charge is 0.394 e. The number of aliphatic hydroxyl groups excluding tert-OH is 1. The summed E-state index contributed by atoms with van der Waals surface area (Å²) >= 11 is 0. The molecule has 0 saturated carbocycles. The van der Waals surface area contributed by atoms with Gasteiger partial charge in [0.1, 0.15) is 35.2 Å². The lowest BCUT2D eigenvalue weighted by Gasteiger charge is -2.16. The molecule has 0 aliphatic heterocycles. The Bertz CT molecular complexity index is 1330. The van der Waals surface area contributed by atoms with E-state index in [4.69, 9.17) is 0 Å². The van der Waals surface area contributed by atoms with Crippen LogP contribution in [0.1, 0.15) is 30.9 Å². The number of pyridine rings is 2. The van der Waals surface area contributed by atoms with Crippen molar-refractivity contribution in [1.29, 1.82) is 0 Å². The molecule has 9 nitrogen and oxygen atoms in total. The molecule has 4 heterocycles. The zero-order valence-electron chi connectivity index (χ0n) is 19.1. The third kappa shape index (κ3) is 5.62. The lowest BCUT2D eigenvalue weighted by Crippen LogP contribution is -2.24. The van der Waals surface area contributed by atoms with Gasteiger partial charge in [0.25, 0.3) is 0 Å². The molecular formula is C23H22F4N8O. The highest BCUT2D eigenvalue weighted by Crippen LogP contribution is 2.30. The first-order valence-electron chi connectivity index (χ1n) is 11.0. The molecule has 0 bridgehead atoms. The Hall–Kier alpha value is -4.00. The summed E-state index contributed by atoms with van der Waals surface area (Å²) in [6.45, 7) is 1.06. The topological polar surface area (TPSA) is 122 Å². The van der Waals surface area contributed by atoms with Crippen LogP contribution in [-0.4, -0.2) is 47.9 Å². The molecule has 1 unspecified atom stereocenters. The van der Waals surface area contributed by atoms with Gasteiger partial charge in [-0.05, 0) is 30.7 Å². The minimum Gasteiger partial charge on any atom is -0.394 e. The molecule has 3 N–H and O–H groups in total. The van der Waals surface area contributed by atoms with E-state index in [9.17, 15) is 22.7 Å². The van der Waals surface area contributed by atoms with Crippen LogP contribution in [0.15, 0.2) is 42.9 Å². The lowest BCUT2D eigenvalue weighted by atomic mass is 10.1. The average Bonchev–Trinajstić information content (AvgIpc) is 2.88. The maximum absolute atomic E-state index is 13.8. The van der Waals surface area contributed by atoms with Gasteiger partial charge in [-0.1, -0.05) is 13.3 Å². The Morgan fingerprint density at radius 2 is 1.86 bits per heavy atom. The van der Waals surface area contributed by atoms with Crippen LogP contribution in [0.3, 0.4) is 0 Å². The van der Waals surface area contributed by atoms with Crippen molar-refractivity contribution in [2.75, 3.05) is 17.2 Å². The molecule has 4 aromatic heterocycles. The van der Waals surface area contributed by atoms with Gasteiger partial charge in [-0.2, -0.15) is 13.2 Å². The van der Waals surface area contributed by atoms with Crippen molar-refractivity contribution in [3.63, 3.8) is 0 Å². The standard InChI is InChI=1S/C23H22F4N8O/c1-2-3-15(12-36)31-19-8-13(9-24)20(35-34-19)17-11-30-21-16(6-7-28-22(21)33-17)32-18-5-4-14(10-29-18)23(25,26)27/h4-8,10-11,15,36H,2-3,9,12H2,1H3,(H,31,34)(H,28,29,32,33). The third-order valence-corrected chi connectivity index (χ3v) is 5.27. The number of aromatic nitrogens is 6. The highest BCUT2D eigenvalue weighted by Gasteiger charge is 2.30. The van der Waals surface area contributed by atoms with Gasteiger partial charge in [0.2, 0.25) is 0 Å². The molecular weight excluding hydrogens is 480 g/mol. The normalized spacial score (nSPS) is 12.5. The Morgan fingerprint density at radius 3 is 2.53 bits per heavy atom. The lowest BCUT2D eigenvalue weighted by molar-refractivity contribution is -0.137. The second kappa shape index (κ2) is 10.7. The molecule has 0 aromatic carbocycles. The van der Waals surface area contributed by atoms with Gasteiger partial charge in [-0.25, -0.2) is 24.3 Å². The Kier molecular flexibility index (Phi) is 7.48. The summed E-state index contributed by atoms with van der Waals surface area (Å²) in [6, 6.07) is 4.99. The number of fused-ring (bicyclic) bond motifs is 1. The molecule has 0 aliphatic rings. The number of nitrogens with zero attached hydrogens (tertiary/aromatic N) is 6.